The van der Waals surface area contributed by atoms with Gasteiger partial charge in [0, 0.05) is 18.7 Å². The fraction of sp³-hybridized carbons (Fsp3) is 0.500. The Morgan fingerprint density at radius 3 is 2.71 bits per heavy atom. The molecule has 0 aliphatic heterocycles. The van der Waals surface area contributed by atoms with Crippen molar-refractivity contribution in [2.24, 2.45) is 11.8 Å². The number of rotatable bonds is 3. The molecule has 0 saturated heterocycles. The van der Waals surface area contributed by atoms with Gasteiger partial charge in [0.15, 0.2) is 4.84 Å². The first kappa shape index (κ1) is 10.1. The summed E-state index contributed by atoms with van der Waals surface area (Å²) in [5.41, 5.74) is 2.03. The van der Waals surface area contributed by atoms with Gasteiger partial charge in [-0.2, -0.15) is 5.10 Å². The molecule has 4 heteroatoms. The molecule has 0 bridgehead atoms. The molecule has 1 heterocycles. The summed E-state index contributed by atoms with van der Waals surface area (Å²) in [5, 5.41) is 4.27. The van der Waals surface area contributed by atoms with Gasteiger partial charge in [-0.05, 0) is 12.0 Å². The molecule has 1 aromatic heterocycles. The van der Waals surface area contributed by atoms with Crippen molar-refractivity contribution in [3.05, 3.63) is 30.1 Å². The molecular weight excluding hydrogens is 219 g/mol. The van der Waals surface area contributed by atoms with Crippen LogP contribution < -0.4 is 0 Å². The standard InChI is InChI=1S/C10H12Cl2N2/c1-6-7(2)8(6)5-14-4-3-9(13-14)10(11)12/h3-4,7-8,10H,1,5H2,2H3. The van der Waals surface area contributed by atoms with Gasteiger partial charge in [-0.15, -0.1) is 0 Å². The Morgan fingerprint density at radius 1 is 1.64 bits per heavy atom. The number of aromatic nitrogens is 2. The Kier molecular flexibility index (Phi) is 2.58. The van der Waals surface area contributed by atoms with E-state index in [2.05, 4.69) is 18.6 Å². The highest BCUT2D eigenvalue weighted by Crippen LogP contribution is 2.44. The summed E-state index contributed by atoms with van der Waals surface area (Å²) in [5.74, 6) is 1.21. The zero-order valence-electron chi connectivity index (χ0n) is 7.95. The third-order valence-electron chi connectivity index (χ3n) is 2.82. The second kappa shape index (κ2) is 3.59. The minimum Gasteiger partial charge on any atom is -0.272 e. The summed E-state index contributed by atoms with van der Waals surface area (Å²) in [6, 6.07) is 1.85. The summed E-state index contributed by atoms with van der Waals surface area (Å²) >= 11 is 11.4. The minimum absolute atomic E-state index is 0.531. The maximum absolute atomic E-state index is 5.70. The van der Waals surface area contributed by atoms with E-state index < -0.39 is 4.84 Å². The van der Waals surface area contributed by atoms with Crippen LogP contribution in [-0.2, 0) is 6.54 Å². The molecule has 0 spiro atoms. The smallest absolute Gasteiger partial charge is 0.151 e. The third kappa shape index (κ3) is 1.82. The summed E-state index contributed by atoms with van der Waals surface area (Å²) in [6.07, 6.45) is 1.91. The molecule has 76 valence electrons. The van der Waals surface area contributed by atoms with Crippen molar-refractivity contribution in [1.82, 2.24) is 9.78 Å². The molecule has 1 saturated carbocycles. The van der Waals surface area contributed by atoms with Gasteiger partial charge in [-0.3, -0.25) is 4.68 Å². The maximum atomic E-state index is 5.70. The molecule has 14 heavy (non-hydrogen) atoms. The average molecular weight is 231 g/mol. The Balaban J connectivity index is 2.01. The van der Waals surface area contributed by atoms with Crippen molar-refractivity contribution in [1.29, 1.82) is 0 Å². The second-order valence-electron chi connectivity index (χ2n) is 3.73. The van der Waals surface area contributed by atoms with Gasteiger partial charge in [-0.25, -0.2) is 0 Å². The van der Waals surface area contributed by atoms with E-state index in [0.717, 1.165) is 6.54 Å². The maximum Gasteiger partial charge on any atom is 0.151 e. The van der Waals surface area contributed by atoms with Crippen LogP contribution >= 0.6 is 23.2 Å². The van der Waals surface area contributed by atoms with Crippen molar-refractivity contribution in [2.45, 2.75) is 18.3 Å². The van der Waals surface area contributed by atoms with E-state index in [1.807, 2.05) is 16.9 Å². The van der Waals surface area contributed by atoms with Gasteiger partial charge in [0.25, 0.3) is 0 Å². The molecule has 2 nitrogen and oxygen atoms in total. The largest absolute Gasteiger partial charge is 0.272 e. The predicted octanol–water partition coefficient (Wildman–Crippen LogP) is 3.18. The van der Waals surface area contributed by atoms with E-state index in [4.69, 9.17) is 23.2 Å². The van der Waals surface area contributed by atoms with Crippen molar-refractivity contribution >= 4 is 23.2 Å². The number of alkyl halides is 2. The quantitative estimate of drug-likeness (QED) is 0.577. The monoisotopic (exact) mass is 230 g/mol. The van der Waals surface area contributed by atoms with E-state index in [1.54, 1.807) is 0 Å². The zero-order valence-corrected chi connectivity index (χ0v) is 9.46. The molecule has 1 aliphatic rings. The first-order valence-corrected chi connectivity index (χ1v) is 5.47. The SMILES string of the molecule is C=C1C(C)C1Cn1ccc(C(Cl)Cl)n1. The molecule has 0 radical (unpaired) electrons. The molecular formula is C10H12Cl2N2. The topological polar surface area (TPSA) is 17.8 Å². The summed E-state index contributed by atoms with van der Waals surface area (Å²) in [7, 11) is 0. The Morgan fingerprint density at radius 2 is 2.29 bits per heavy atom. The van der Waals surface area contributed by atoms with E-state index in [-0.39, 0.29) is 0 Å². The van der Waals surface area contributed by atoms with Crippen LogP contribution in [0.25, 0.3) is 0 Å². The highest BCUT2D eigenvalue weighted by molar-refractivity contribution is 6.43. The molecule has 1 fully saturated rings. The lowest BCUT2D eigenvalue weighted by molar-refractivity contribution is 0.541. The van der Waals surface area contributed by atoms with Crippen LogP contribution in [-0.4, -0.2) is 9.78 Å². The number of hydrogen-bond donors (Lipinski definition) is 0. The fourth-order valence-electron chi connectivity index (χ4n) is 1.61. The Hall–Kier alpha value is -0.470. The van der Waals surface area contributed by atoms with Crippen molar-refractivity contribution < 1.29 is 0 Å². The molecule has 1 aliphatic carbocycles. The lowest BCUT2D eigenvalue weighted by Crippen LogP contribution is -2.02. The van der Waals surface area contributed by atoms with Crippen molar-refractivity contribution in [2.75, 3.05) is 0 Å². The van der Waals surface area contributed by atoms with Gasteiger partial charge >= 0.3 is 0 Å². The molecule has 0 N–H and O–H groups in total. The van der Waals surface area contributed by atoms with E-state index in [1.165, 1.54) is 5.57 Å². The summed E-state index contributed by atoms with van der Waals surface area (Å²) < 4.78 is 1.88. The first-order chi connectivity index (χ1) is 6.59. The number of halogens is 2. The molecule has 2 unspecified atom stereocenters. The Bertz CT molecular complexity index is 357. The summed E-state index contributed by atoms with van der Waals surface area (Å²) in [6.45, 7) is 7.05. The van der Waals surface area contributed by atoms with E-state index in [9.17, 15) is 0 Å². The van der Waals surface area contributed by atoms with Gasteiger partial charge < -0.3 is 0 Å². The van der Waals surface area contributed by atoms with Crippen LogP contribution in [0.5, 0.6) is 0 Å². The normalized spacial score (nSPS) is 25.9. The molecule has 0 amide bonds. The molecule has 0 aromatic carbocycles. The fourth-order valence-corrected chi connectivity index (χ4v) is 1.85. The van der Waals surface area contributed by atoms with Crippen LogP contribution in [0.15, 0.2) is 24.4 Å². The predicted molar refractivity (Wildman–Crippen MR) is 58.5 cm³/mol. The molecule has 1 aromatic rings. The average Bonchev–Trinajstić information content (AvgIpc) is 2.58. The molecule has 2 atom stereocenters. The van der Waals surface area contributed by atoms with Crippen molar-refractivity contribution in [3.8, 4) is 0 Å². The van der Waals surface area contributed by atoms with Gasteiger partial charge in [0.2, 0.25) is 0 Å². The zero-order chi connectivity index (χ0) is 10.3. The first-order valence-electron chi connectivity index (χ1n) is 4.59. The number of allylic oxidation sites excluding steroid dienone is 1. The van der Waals surface area contributed by atoms with Gasteiger partial charge in [0.05, 0.1) is 5.69 Å². The lowest BCUT2D eigenvalue weighted by atomic mass is 10.3. The van der Waals surface area contributed by atoms with Gasteiger partial charge in [-0.1, -0.05) is 42.3 Å². The van der Waals surface area contributed by atoms with Crippen LogP contribution in [0.3, 0.4) is 0 Å². The highest BCUT2D eigenvalue weighted by Gasteiger charge is 2.38. The second-order valence-corrected chi connectivity index (χ2v) is 4.83. The third-order valence-corrected chi connectivity index (χ3v) is 3.27. The number of hydrogen-bond acceptors (Lipinski definition) is 1. The van der Waals surface area contributed by atoms with Crippen LogP contribution in [0.2, 0.25) is 0 Å². The van der Waals surface area contributed by atoms with Crippen LogP contribution in [0.1, 0.15) is 17.5 Å². The van der Waals surface area contributed by atoms with Gasteiger partial charge in [0.1, 0.15) is 0 Å². The number of nitrogens with zero attached hydrogens (tertiary/aromatic N) is 2. The summed E-state index contributed by atoms with van der Waals surface area (Å²) in [4.78, 5) is -0.531. The Labute approximate surface area is 93.5 Å². The lowest BCUT2D eigenvalue weighted by Gasteiger charge is -1.98. The minimum atomic E-state index is -0.531. The van der Waals surface area contributed by atoms with Crippen molar-refractivity contribution in [3.63, 3.8) is 0 Å². The van der Waals surface area contributed by atoms with Crippen LogP contribution in [0.4, 0.5) is 0 Å². The highest BCUT2D eigenvalue weighted by atomic mass is 35.5. The van der Waals surface area contributed by atoms with E-state index >= 15 is 0 Å². The van der Waals surface area contributed by atoms with E-state index in [0.29, 0.717) is 17.5 Å². The van der Waals surface area contributed by atoms with Crippen LogP contribution in [0, 0.1) is 11.8 Å². The molecule has 2 rings (SSSR count).